The van der Waals surface area contributed by atoms with Crippen LogP contribution in [0.4, 0.5) is 0 Å². The van der Waals surface area contributed by atoms with Crippen LogP contribution in [0, 0.1) is 0 Å². The molecule has 0 aromatic heterocycles. The van der Waals surface area contributed by atoms with Crippen LogP contribution in [0.25, 0.3) is 0 Å². The average Bonchev–Trinajstić information content (AvgIpc) is 2.28. The lowest BCUT2D eigenvalue weighted by atomic mass is 10.1. The smallest absolute Gasteiger partial charge is 0.255 e. The van der Waals surface area contributed by atoms with E-state index in [4.69, 9.17) is 0 Å². The van der Waals surface area contributed by atoms with E-state index >= 15 is 0 Å². The molecule has 1 amide bonds. The number of hydrogen-bond acceptors (Lipinski definition) is 2. The van der Waals surface area contributed by atoms with Crippen molar-refractivity contribution in [1.82, 2.24) is 5.32 Å². The quantitative estimate of drug-likeness (QED) is 0.818. The van der Waals surface area contributed by atoms with Gasteiger partial charge in [0.2, 0.25) is 0 Å². The van der Waals surface area contributed by atoms with Crippen molar-refractivity contribution >= 4 is 21.8 Å². The standard InChI is InChI=1S/C12H16BrNO2/c1-2-9(7-8-13)14-12(16)10-5-3-4-6-11(10)15/h3-6,9,15H,2,7-8H2,1H3,(H,14,16). The normalized spacial score (nSPS) is 12.1. The number of carbonyl (C=O) groups excluding carboxylic acids is 1. The maximum absolute atomic E-state index is 11.8. The molecule has 0 radical (unpaired) electrons. The van der Waals surface area contributed by atoms with Crippen molar-refractivity contribution in [3.63, 3.8) is 0 Å². The first kappa shape index (κ1) is 13.0. The van der Waals surface area contributed by atoms with Crippen LogP contribution < -0.4 is 5.32 Å². The van der Waals surface area contributed by atoms with E-state index in [-0.39, 0.29) is 17.7 Å². The third-order valence-corrected chi connectivity index (χ3v) is 2.89. The van der Waals surface area contributed by atoms with Crippen molar-refractivity contribution in [2.45, 2.75) is 25.8 Å². The fourth-order valence-corrected chi connectivity index (χ4v) is 1.99. The summed E-state index contributed by atoms with van der Waals surface area (Å²) in [6.45, 7) is 2.03. The highest BCUT2D eigenvalue weighted by atomic mass is 79.9. The van der Waals surface area contributed by atoms with E-state index < -0.39 is 0 Å². The predicted molar refractivity (Wildman–Crippen MR) is 68.1 cm³/mol. The Kier molecular flexibility index (Phi) is 5.32. The minimum absolute atomic E-state index is 0.0219. The second kappa shape index (κ2) is 6.53. The molecule has 0 aliphatic heterocycles. The number of phenols is 1. The number of benzene rings is 1. The van der Waals surface area contributed by atoms with Crippen LogP contribution in [0.5, 0.6) is 5.75 Å². The largest absolute Gasteiger partial charge is 0.507 e. The molecule has 0 spiro atoms. The molecular weight excluding hydrogens is 270 g/mol. The van der Waals surface area contributed by atoms with Gasteiger partial charge in [-0.2, -0.15) is 0 Å². The number of rotatable bonds is 5. The zero-order chi connectivity index (χ0) is 12.0. The second-order valence-corrected chi connectivity index (χ2v) is 4.37. The van der Waals surface area contributed by atoms with E-state index in [2.05, 4.69) is 21.2 Å². The Morgan fingerprint density at radius 1 is 1.50 bits per heavy atom. The maximum atomic E-state index is 11.8. The van der Waals surface area contributed by atoms with Crippen LogP contribution in [0.1, 0.15) is 30.1 Å². The SMILES string of the molecule is CCC(CCBr)NC(=O)c1ccccc1O. The number of amides is 1. The summed E-state index contributed by atoms with van der Waals surface area (Å²) < 4.78 is 0. The number of para-hydroxylation sites is 1. The van der Waals surface area contributed by atoms with Crippen LogP contribution in [0.15, 0.2) is 24.3 Å². The van der Waals surface area contributed by atoms with Crippen LogP contribution in [-0.2, 0) is 0 Å². The third kappa shape index (κ3) is 3.52. The van der Waals surface area contributed by atoms with Gasteiger partial charge in [0.25, 0.3) is 5.91 Å². The van der Waals surface area contributed by atoms with Crippen molar-refractivity contribution in [2.75, 3.05) is 5.33 Å². The Morgan fingerprint density at radius 2 is 2.19 bits per heavy atom. The van der Waals surface area contributed by atoms with E-state index in [0.717, 1.165) is 18.2 Å². The summed E-state index contributed by atoms with van der Waals surface area (Å²) in [5.41, 5.74) is 0.329. The summed E-state index contributed by atoms with van der Waals surface area (Å²) in [5, 5.41) is 13.3. The van der Waals surface area contributed by atoms with E-state index in [1.165, 1.54) is 6.07 Å². The summed E-state index contributed by atoms with van der Waals surface area (Å²) in [5.74, 6) is -0.195. The Morgan fingerprint density at radius 3 is 2.75 bits per heavy atom. The molecule has 1 atom stereocenters. The Labute approximate surface area is 104 Å². The number of halogens is 1. The average molecular weight is 286 g/mol. The molecule has 0 saturated heterocycles. The zero-order valence-electron chi connectivity index (χ0n) is 9.24. The lowest BCUT2D eigenvalue weighted by Gasteiger charge is -2.16. The van der Waals surface area contributed by atoms with Gasteiger partial charge in [-0.1, -0.05) is 35.0 Å². The zero-order valence-corrected chi connectivity index (χ0v) is 10.8. The van der Waals surface area contributed by atoms with Gasteiger partial charge in [-0.15, -0.1) is 0 Å². The second-order valence-electron chi connectivity index (χ2n) is 3.57. The van der Waals surface area contributed by atoms with Gasteiger partial charge in [-0.05, 0) is 25.0 Å². The highest BCUT2D eigenvalue weighted by Gasteiger charge is 2.14. The summed E-state index contributed by atoms with van der Waals surface area (Å²) in [4.78, 5) is 11.8. The van der Waals surface area contributed by atoms with Crippen molar-refractivity contribution in [2.24, 2.45) is 0 Å². The van der Waals surface area contributed by atoms with Gasteiger partial charge in [-0.3, -0.25) is 4.79 Å². The van der Waals surface area contributed by atoms with Crippen molar-refractivity contribution < 1.29 is 9.90 Å². The number of aromatic hydroxyl groups is 1. The van der Waals surface area contributed by atoms with Gasteiger partial charge in [0.05, 0.1) is 5.56 Å². The number of hydrogen-bond donors (Lipinski definition) is 2. The van der Waals surface area contributed by atoms with E-state index in [9.17, 15) is 9.90 Å². The summed E-state index contributed by atoms with van der Waals surface area (Å²) in [6, 6.07) is 6.71. The number of phenolic OH excluding ortho intramolecular Hbond substituents is 1. The summed E-state index contributed by atoms with van der Waals surface area (Å²) >= 11 is 3.35. The highest BCUT2D eigenvalue weighted by molar-refractivity contribution is 9.09. The summed E-state index contributed by atoms with van der Waals surface area (Å²) in [6.07, 6.45) is 1.76. The Bertz CT molecular complexity index is 355. The molecule has 0 fully saturated rings. The van der Waals surface area contributed by atoms with Gasteiger partial charge in [-0.25, -0.2) is 0 Å². The van der Waals surface area contributed by atoms with Gasteiger partial charge < -0.3 is 10.4 Å². The Balaban J connectivity index is 2.68. The van der Waals surface area contributed by atoms with Crippen molar-refractivity contribution in [1.29, 1.82) is 0 Å². The van der Waals surface area contributed by atoms with Crippen molar-refractivity contribution in [3.05, 3.63) is 29.8 Å². The molecule has 0 heterocycles. The minimum atomic E-state index is -0.217. The molecule has 0 saturated carbocycles. The topological polar surface area (TPSA) is 49.3 Å². The third-order valence-electron chi connectivity index (χ3n) is 2.43. The summed E-state index contributed by atoms with van der Waals surface area (Å²) in [7, 11) is 0. The molecule has 3 nitrogen and oxygen atoms in total. The van der Waals surface area contributed by atoms with E-state index in [1.54, 1.807) is 18.2 Å². The lowest BCUT2D eigenvalue weighted by molar-refractivity contribution is 0.0932. The molecule has 0 aliphatic carbocycles. The van der Waals surface area contributed by atoms with Crippen LogP contribution in [0.3, 0.4) is 0 Å². The molecule has 1 unspecified atom stereocenters. The molecule has 1 rings (SSSR count). The van der Waals surface area contributed by atoms with Gasteiger partial charge in [0.15, 0.2) is 0 Å². The molecule has 1 aromatic rings. The Hall–Kier alpha value is -1.03. The molecular formula is C12H16BrNO2. The van der Waals surface area contributed by atoms with E-state index in [1.807, 2.05) is 6.92 Å². The first-order valence-electron chi connectivity index (χ1n) is 5.33. The predicted octanol–water partition coefficient (Wildman–Crippen LogP) is 2.69. The van der Waals surface area contributed by atoms with Crippen LogP contribution >= 0.6 is 15.9 Å². The number of alkyl halides is 1. The van der Waals surface area contributed by atoms with Gasteiger partial charge in [0.1, 0.15) is 5.75 Å². The monoisotopic (exact) mass is 285 g/mol. The molecule has 0 bridgehead atoms. The molecule has 16 heavy (non-hydrogen) atoms. The first-order chi connectivity index (χ1) is 7.69. The number of carbonyl (C=O) groups is 1. The van der Waals surface area contributed by atoms with Crippen LogP contribution in [-0.4, -0.2) is 22.4 Å². The maximum Gasteiger partial charge on any atom is 0.255 e. The number of nitrogens with one attached hydrogen (secondary N) is 1. The highest BCUT2D eigenvalue weighted by Crippen LogP contribution is 2.15. The molecule has 0 aliphatic rings. The fraction of sp³-hybridized carbons (Fsp3) is 0.417. The molecule has 88 valence electrons. The van der Waals surface area contributed by atoms with Gasteiger partial charge >= 0.3 is 0 Å². The first-order valence-corrected chi connectivity index (χ1v) is 6.46. The van der Waals surface area contributed by atoms with Gasteiger partial charge in [0, 0.05) is 11.4 Å². The minimum Gasteiger partial charge on any atom is -0.507 e. The lowest BCUT2D eigenvalue weighted by Crippen LogP contribution is -2.34. The fourth-order valence-electron chi connectivity index (χ4n) is 1.44. The van der Waals surface area contributed by atoms with Crippen LogP contribution in [0.2, 0.25) is 0 Å². The van der Waals surface area contributed by atoms with E-state index in [0.29, 0.717) is 5.56 Å². The van der Waals surface area contributed by atoms with Crippen molar-refractivity contribution in [3.8, 4) is 5.75 Å². The molecule has 2 N–H and O–H groups in total. The molecule has 1 aromatic carbocycles. The molecule has 4 heteroatoms.